The first-order valence-electron chi connectivity index (χ1n) is 7.61. The lowest BCUT2D eigenvalue weighted by Crippen LogP contribution is -2.52. The second kappa shape index (κ2) is 8.47. The molecule has 0 saturated heterocycles. The summed E-state index contributed by atoms with van der Waals surface area (Å²) in [6.45, 7) is 6.54. The molecule has 1 amide bonds. The lowest BCUT2D eigenvalue weighted by Gasteiger charge is -2.24. The molecule has 0 spiro atoms. The van der Waals surface area contributed by atoms with Crippen molar-refractivity contribution in [2.45, 2.75) is 50.5 Å². The second-order valence-corrected chi connectivity index (χ2v) is 7.97. The Hall–Kier alpha value is -2.17. The maximum absolute atomic E-state index is 12.2. The van der Waals surface area contributed by atoms with Crippen LogP contribution in [0.1, 0.15) is 26.3 Å². The van der Waals surface area contributed by atoms with Gasteiger partial charge in [0.1, 0.15) is 5.60 Å². The molecule has 1 aromatic rings. The van der Waals surface area contributed by atoms with E-state index in [0.29, 0.717) is 0 Å². The van der Waals surface area contributed by atoms with E-state index in [1.54, 1.807) is 39.8 Å². The van der Waals surface area contributed by atoms with Crippen molar-refractivity contribution >= 4 is 22.2 Å². The zero-order chi connectivity index (χ0) is 20.1. The van der Waals surface area contributed by atoms with E-state index in [1.165, 1.54) is 12.1 Å². The van der Waals surface area contributed by atoms with Crippen molar-refractivity contribution in [3.63, 3.8) is 0 Å². The number of carbonyl (C=O) groups is 2. The molecule has 0 bridgehead atoms. The fourth-order valence-corrected chi connectivity index (χ4v) is 2.71. The molecule has 0 aliphatic heterocycles. The minimum atomic E-state index is -4.38. The van der Waals surface area contributed by atoms with Crippen molar-refractivity contribution in [1.29, 1.82) is 0 Å². The van der Waals surface area contributed by atoms with Crippen molar-refractivity contribution in [3.8, 4) is 0 Å². The maximum atomic E-state index is 12.2. The maximum Gasteiger partial charge on any atom is 0.408 e. The van der Waals surface area contributed by atoms with E-state index in [1.807, 2.05) is 5.32 Å². The highest BCUT2D eigenvalue weighted by Gasteiger charge is 2.35. The number of hydrogen-bond donors (Lipinski definition) is 2. The first kappa shape index (κ1) is 21.9. The first-order valence-corrected chi connectivity index (χ1v) is 9.02. The number of alkyl carbamates (subject to hydrolysis) is 1. The van der Waals surface area contributed by atoms with Gasteiger partial charge in [-0.1, -0.05) is 17.7 Å². The standard InChI is InChI=1S/C16H23NO8S/c1-10-6-8-11(9-7-10)26(21,22)25-14(19)12(13(18)23-5)17-15(20)24-16(2,3)4/h6-9,12,14,19H,1-5H3,(H,17,20)/t12-,14-/m1/s1. The van der Waals surface area contributed by atoms with Crippen LogP contribution >= 0.6 is 0 Å². The topological polar surface area (TPSA) is 128 Å². The molecule has 26 heavy (non-hydrogen) atoms. The van der Waals surface area contributed by atoms with Crippen LogP contribution in [0.3, 0.4) is 0 Å². The van der Waals surface area contributed by atoms with Gasteiger partial charge >= 0.3 is 12.1 Å². The van der Waals surface area contributed by atoms with Crippen LogP contribution in [0, 0.1) is 6.92 Å². The minimum Gasteiger partial charge on any atom is -0.467 e. The smallest absolute Gasteiger partial charge is 0.408 e. The third kappa shape index (κ3) is 6.62. The molecule has 0 unspecified atom stereocenters. The number of nitrogens with one attached hydrogen (secondary N) is 1. The first-order chi connectivity index (χ1) is 11.9. The van der Waals surface area contributed by atoms with Crippen molar-refractivity contribution in [2.24, 2.45) is 0 Å². The Morgan fingerprint density at radius 3 is 2.15 bits per heavy atom. The molecule has 0 fully saturated rings. The molecule has 2 atom stereocenters. The molecular weight excluding hydrogens is 366 g/mol. The summed E-state index contributed by atoms with van der Waals surface area (Å²) in [5.41, 5.74) is -0.0478. The molecule has 2 N–H and O–H groups in total. The summed E-state index contributed by atoms with van der Waals surface area (Å²) in [7, 11) is -3.38. The van der Waals surface area contributed by atoms with Crippen LogP contribution in [0.15, 0.2) is 29.2 Å². The summed E-state index contributed by atoms with van der Waals surface area (Å²) >= 11 is 0. The largest absolute Gasteiger partial charge is 0.467 e. The number of methoxy groups -OCH3 is 1. The molecule has 0 aromatic heterocycles. The molecule has 9 nitrogen and oxygen atoms in total. The molecule has 1 rings (SSSR count). The van der Waals surface area contributed by atoms with Crippen molar-refractivity contribution < 1.29 is 36.8 Å². The normalized spacial score (nSPS) is 14.2. The highest BCUT2D eigenvalue weighted by Crippen LogP contribution is 2.16. The summed E-state index contributed by atoms with van der Waals surface area (Å²) in [6.07, 6.45) is -3.27. The third-order valence-corrected chi connectivity index (χ3v) is 4.25. The van der Waals surface area contributed by atoms with Crippen LogP contribution in [0.25, 0.3) is 0 Å². The van der Waals surface area contributed by atoms with Crippen LogP contribution in [0.5, 0.6) is 0 Å². The van der Waals surface area contributed by atoms with Gasteiger partial charge in [0.05, 0.1) is 12.0 Å². The Morgan fingerprint density at radius 1 is 1.15 bits per heavy atom. The van der Waals surface area contributed by atoms with Crippen LogP contribution in [0.4, 0.5) is 4.79 Å². The molecule has 0 aliphatic rings. The summed E-state index contributed by atoms with van der Waals surface area (Å²) < 4.78 is 38.5. The number of ether oxygens (including phenoxy) is 2. The lowest BCUT2D eigenvalue weighted by molar-refractivity contribution is -0.152. The van der Waals surface area contributed by atoms with Gasteiger partial charge in [-0.15, -0.1) is 0 Å². The van der Waals surface area contributed by atoms with E-state index in [2.05, 4.69) is 8.92 Å². The van der Waals surface area contributed by atoms with Crippen LogP contribution < -0.4 is 5.32 Å². The average Bonchev–Trinajstić information content (AvgIpc) is 2.50. The monoisotopic (exact) mass is 389 g/mol. The zero-order valence-corrected chi connectivity index (χ0v) is 16.0. The number of aryl methyl sites for hydroxylation is 1. The van der Waals surface area contributed by atoms with E-state index in [-0.39, 0.29) is 4.90 Å². The van der Waals surface area contributed by atoms with Gasteiger partial charge in [0.2, 0.25) is 6.29 Å². The van der Waals surface area contributed by atoms with Crippen LogP contribution in [0.2, 0.25) is 0 Å². The van der Waals surface area contributed by atoms with E-state index < -0.39 is 40.1 Å². The molecule has 1 aromatic carbocycles. The number of esters is 1. The van der Waals surface area contributed by atoms with Gasteiger partial charge < -0.3 is 19.9 Å². The summed E-state index contributed by atoms with van der Waals surface area (Å²) in [5.74, 6) is -1.11. The van der Waals surface area contributed by atoms with Crippen molar-refractivity contribution in [2.75, 3.05) is 7.11 Å². The summed E-state index contributed by atoms with van der Waals surface area (Å²) in [5, 5.41) is 12.1. The van der Waals surface area contributed by atoms with Crippen LogP contribution in [-0.2, 0) is 28.6 Å². The van der Waals surface area contributed by atoms with Gasteiger partial charge in [0.25, 0.3) is 10.1 Å². The molecule has 0 heterocycles. The Morgan fingerprint density at radius 2 is 1.69 bits per heavy atom. The number of hydrogen-bond acceptors (Lipinski definition) is 8. The number of carbonyl (C=O) groups excluding carboxylic acids is 2. The number of benzene rings is 1. The second-order valence-electron chi connectivity index (χ2n) is 6.40. The number of rotatable bonds is 6. The predicted octanol–water partition coefficient (Wildman–Crippen LogP) is 1.09. The van der Waals surface area contributed by atoms with E-state index in [9.17, 15) is 23.1 Å². The van der Waals surface area contributed by atoms with Gasteiger partial charge in [-0.25, -0.2) is 13.8 Å². The van der Waals surface area contributed by atoms with Gasteiger partial charge in [0, 0.05) is 0 Å². The van der Waals surface area contributed by atoms with Gasteiger partial charge in [-0.2, -0.15) is 8.42 Å². The lowest BCUT2D eigenvalue weighted by atomic mass is 10.2. The van der Waals surface area contributed by atoms with Crippen molar-refractivity contribution in [3.05, 3.63) is 29.8 Å². The molecule has 0 radical (unpaired) electrons. The number of aliphatic hydroxyl groups is 1. The SMILES string of the molecule is COC(=O)[C@@H](NC(=O)OC(C)(C)C)[C@H](O)OS(=O)(=O)c1ccc(C)cc1. The molecule has 0 aliphatic carbocycles. The average molecular weight is 389 g/mol. The zero-order valence-electron chi connectivity index (χ0n) is 15.2. The molecule has 146 valence electrons. The Balaban J connectivity index is 2.95. The van der Waals surface area contributed by atoms with Gasteiger partial charge in [-0.05, 0) is 39.8 Å². The molecule has 0 saturated carbocycles. The predicted molar refractivity (Wildman–Crippen MR) is 90.6 cm³/mol. The Labute approximate surface area is 152 Å². The summed E-state index contributed by atoms with van der Waals surface area (Å²) in [4.78, 5) is 23.4. The van der Waals surface area contributed by atoms with E-state index in [0.717, 1.165) is 12.7 Å². The van der Waals surface area contributed by atoms with Crippen LogP contribution in [-0.4, -0.2) is 50.6 Å². The van der Waals surface area contributed by atoms with Gasteiger partial charge in [0.15, 0.2) is 6.04 Å². The fourth-order valence-electron chi connectivity index (χ4n) is 1.75. The highest BCUT2D eigenvalue weighted by atomic mass is 32.2. The fraction of sp³-hybridized carbons (Fsp3) is 0.500. The Kier molecular flexibility index (Phi) is 7.13. The number of amides is 1. The minimum absolute atomic E-state index is 0.219. The highest BCUT2D eigenvalue weighted by molar-refractivity contribution is 7.86. The molecular formula is C16H23NO8S. The van der Waals surface area contributed by atoms with E-state index in [4.69, 9.17) is 4.74 Å². The van der Waals surface area contributed by atoms with Crippen molar-refractivity contribution in [1.82, 2.24) is 5.32 Å². The Bertz CT molecular complexity index is 737. The quantitative estimate of drug-likeness (QED) is 0.420. The molecule has 10 heteroatoms. The number of aliphatic hydroxyl groups excluding tert-OH is 1. The summed E-state index contributed by atoms with van der Waals surface area (Å²) in [6, 6.07) is 3.84. The third-order valence-electron chi connectivity index (χ3n) is 2.95. The van der Waals surface area contributed by atoms with E-state index >= 15 is 0 Å². The van der Waals surface area contributed by atoms with Gasteiger partial charge in [-0.3, -0.25) is 0 Å².